The summed E-state index contributed by atoms with van der Waals surface area (Å²) in [5.74, 6) is 0. The van der Waals surface area contributed by atoms with Gasteiger partial charge in [-0.05, 0) is 25.1 Å². The van der Waals surface area contributed by atoms with E-state index in [1.165, 1.54) is 4.88 Å². The minimum absolute atomic E-state index is 0.763. The standard InChI is InChI=1S/C12H12N4S/c1-8-14-6-11(17-8)7-16-12-3-2-10(13)4-9(12)5-15-16/h2-6H,7,13H2,1H3. The van der Waals surface area contributed by atoms with E-state index in [1.807, 2.05) is 42.2 Å². The lowest BCUT2D eigenvalue weighted by atomic mass is 10.2. The van der Waals surface area contributed by atoms with Gasteiger partial charge in [0.1, 0.15) is 0 Å². The maximum atomic E-state index is 5.74. The fraction of sp³-hybridized carbons (Fsp3) is 0.167. The third-order valence-corrected chi connectivity index (χ3v) is 3.54. The van der Waals surface area contributed by atoms with Crippen LogP contribution in [0.4, 0.5) is 5.69 Å². The molecule has 86 valence electrons. The molecule has 0 amide bonds. The quantitative estimate of drug-likeness (QED) is 0.704. The van der Waals surface area contributed by atoms with Gasteiger partial charge in [-0.25, -0.2) is 4.98 Å². The van der Waals surface area contributed by atoms with Crippen LogP contribution in [0.15, 0.2) is 30.6 Å². The molecular weight excluding hydrogens is 232 g/mol. The molecule has 0 saturated carbocycles. The number of hydrogen-bond acceptors (Lipinski definition) is 4. The lowest BCUT2D eigenvalue weighted by molar-refractivity contribution is 0.719. The van der Waals surface area contributed by atoms with Crippen LogP contribution in [0.25, 0.3) is 10.9 Å². The van der Waals surface area contributed by atoms with Crippen molar-refractivity contribution in [2.24, 2.45) is 0 Å². The summed E-state index contributed by atoms with van der Waals surface area (Å²) >= 11 is 1.70. The van der Waals surface area contributed by atoms with Gasteiger partial charge < -0.3 is 5.73 Å². The monoisotopic (exact) mass is 244 g/mol. The maximum absolute atomic E-state index is 5.74. The highest BCUT2D eigenvalue weighted by atomic mass is 32.1. The Morgan fingerprint density at radius 1 is 1.35 bits per heavy atom. The van der Waals surface area contributed by atoms with Gasteiger partial charge in [0.15, 0.2) is 0 Å². The number of nitrogens with two attached hydrogens (primary N) is 1. The Labute approximate surface area is 103 Å². The van der Waals surface area contributed by atoms with Crippen LogP contribution in [-0.2, 0) is 6.54 Å². The van der Waals surface area contributed by atoms with Gasteiger partial charge in [0, 0.05) is 22.1 Å². The lowest BCUT2D eigenvalue weighted by Gasteiger charge is -2.01. The van der Waals surface area contributed by atoms with Crippen LogP contribution in [0.3, 0.4) is 0 Å². The first-order valence-corrected chi connectivity index (χ1v) is 6.16. The van der Waals surface area contributed by atoms with E-state index in [0.29, 0.717) is 0 Å². The summed E-state index contributed by atoms with van der Waals surface area (Å²) < 4.78 is 1.97. The Hall–Kier alpha value is -1.88. The first kappa shape index (κ1) is 10.3. The summed E-state index contributed by atoms with van der Waals surface area (Å²) in [5, 5.41) is 6.54. The van der Waals surface area contributed by atoms with Crippen LogP contribution in [-0.4, -0.2) is 14.8 Å². The van der Waals surface area contributed by atoms with Crippen LogP contribution < -0.4 is 5.73 Å². The van der Waals surface area contributed by atoms with E-state index < -0.39 is 0 Å². The molecule has 1 aromatic carbocycles. The average Bonchev–Trinajstić information content (AvgIpc) is 2.86. The van der Waals surface area contributed by atoms with Crippen molar-refractivity contribution in [3.63, 3.8) is 0 Å². The fourth-order valence-electron chi connectivity index (χ4n) is 1.86. The SMILES string of the molecule is Cc1ncc(Cn2ncc3cc(N)ccc32)s1. The van der Waals surface area contributed by atoms with Crippen LogP contribution in [0, 0.1) is 6.92 Å². The number of fused-ring (bicyclic) bond motifs is 1. The molecule has 2 aromatic heterocycles. The summed E-state index contributed by atoms with van der Waals surface area (Å²) in [6.45, 7) is 2.77. The van der Waals surface area contributed by atoms with Crippen LogP contribution in [0.5, 0.6) is 0 Å². The van der Waals surface area contributed by atoms with Gasteiger partial charge in [0.2, 0.25) is 0 Å². The molecular formula is C12H12N4S. The second kappa shape index (κ2) is 3.85. The van der Waals surface area contributed by atoms with E-state index >= 15 is 0 Å². The third kappa shape index (κ3) is 1.89. The molecule has 3 aromatic rings. The molecule has 3 rings (SSSR count). The predicted octanol–water partition coefficient (Wildman–Crippen LogP) is 2.43. The molecule has 2 heterocycles. The number of nitrogens with zero attached hydrogens (tertiary/aromatic N) is 3. The minimum atomic E-state index is 0.763. The van der Waals surface area contributed by atoms with Gasteiger partial charge in [0.25, 0.3) is 0 Å². The largest absolute Gasteiger partial charge is 0.399 e. The van der Waals surface area contributed by atoms with Crippen LogP contribution in [0.2, 0.25) is 0 Å². The number of benzene rings is 1. The molecule has 0 aliphatic rings. The molecule has 0 aliphatic carbocycles. The summed E-state index contributed by atoms with van der Waals surface area (Å²) in [6.07, 6.45) is 3.75. The number of aryl methyl sites for hydroxylation is 1. The highest BCUT2D eigenvalue weighted by Gasteiger charge is 2.05. The summed E-state index contributed by atoms with van der Waals surface area (Å²) in [4.78, 5) is 5.46. The number of thiazole rings is 1. The van der Waals surface area contributed by atoms with E-state index in [4.69, 9.17) is 5.73 Å². The number of hydrogen-bond donors (Lipinski definition) is 1. The molecule has 4 nitrogen and oxygen atoms in total. The molecule has 0 atom stereocenters. The Bertz CT molecular complexity index is 668. The smallest absolute Gasteiger partial charge is 0.0897 e. The molecule has 0 bridgehead atoms. The zero-order valence-corrected chi connectivity index (χ0v) is 10.2. The van der Waals surface area contributed by atoms with Crippen LogP contribution in [0.1, 0.15) is 9.88 Å². The Morgan fingerprint density at radius 3 is 3.00 bits per heavy atom. The number of nitrogen functional groups attached to an aromatic ring is 1. The summed E-state index contributed by atoms with van der Waals surface area (Å²) in [6, 6.07) is 5.85. The molecule has 0 aliphatic heterocycles. The second-order valence-corrected chi connectivity index (χ2v) is 5.29. The molecule has 2 N–H and O–H groups in total. The summed E-state index contributed by atoms with van der Waals surface area (Å²) in [7, 11) is 0. The summed E-state index contributed by atoms with van der Waals surface area (Å²) in [5.41, 5.74) is 7.62. The molecule has 17 heavy (non-hydrogen) atoms. The van der Waals surface area contributed by atoms with Crippen molar-refractivity contribution in [1.29, 1.82) is 0 Å². The first-order chi connectivity index (χ1) is 8.22. The Balaban J connectivity index is 2.00. The van der Waals surface area contributed by atoms with Crippen molar-refractivity contribution in [2.75, 3.05) is 5.73 Å². The van der Waals surface area contributed by atoms with Crippen molar-refractivity contribution >= 4 is 27.9 Å². The normalized spacial score (nSPS) is 11.1. The van der Waals surface area contributed by atoms with Crippen molar-refractivity contribution in [3.05, 3.63) is 40.5 Å². The van der Waals surface area contributed by atoms with Crippen LogP contribution >= 0.6 is 11.3 Å². The van der Waals surface area contributed by atoms with Gasteiger partial charge in [0.05, 0.1) is 23.3 Å². The maximum Gasteiger partial charge on any atom is 0.0897 e. The number of anilines is 1. The Morgan fingerprint density at radius 2 is 2.24 bits per heavy atom. The van der Waals surface area contributed by atoms with E-state index in [2.05, 4.69) is 10.1 Å². The fourth-order valence-corrected chi connectivity index (χ4v) is 2.63. The minimum Gasteiger partial charge on any atom is -0.399 e. The van der Waals surface area contributed by atoms with Gasteiger partial charge in [-0.2, -0.15) is 5.10 Å². The highest BCUT2D eigenvalue weighted by Crippen LogP contribution is 2.19. The van der Waals surface area contributed by atoms with Gasteiger partial charge in [-0.15, -0.1) is 11.3 Å². The highest BCUT2D eigenvalue weighted by molar-refractivity contribution is 7.11. The third-order valence-electron chi connectivity index (χ3n) is 2.64. The van der Waals surface area contributed by atoms with E-state index in [-0.39, 0.29) is 0 Å². The number of aromatic nitrogens is 3. The zero-order valence-electron chi connectivity index (χ0n) is 9.42. The Kier molecular flexibility index (Phi) is 2.33. The topological polar surface area (TPSA) is 56.7 Å². The first-order valence-electron chi connectivity index (χ1n) is 5.35. The molecule has 0 spiro atoms. The molecule has 0 fully saturated rings. The lowest BCUT2D eigenvalue weighted by Crippen LogP contribution is -1.99. The average molecular weight is 244 g/mol. The van der Waals surface area contributed by atoms with Crippen molar-refractivity contribution in [3.8, 4) is 0 Å². The van der Waals surface area contributed by atoms with Crippen molar-refractivity contribution in [1.82, 2.24) is 14.8 Å². The van der Waals surface area contributed by atoms with Crippen molar-refractivity contribution < 1.29 is 0 Å². The van der Waals surface area contributed by atoms with Gasteiger partial charge in [-0.1, -0.05) is 0 Å². The van der Waals surface area contributed by atoms with Gasteiger partial charge >= 0.3 is 0 Å². The van der Waals surface area contributed by atoms with E-state index in [1.54, 1.807) is 11.3 Å². The predicted molar refractivity (Wildman–Crippen MR) is 70.1 cm³/mol. The number of rotatable bonds is 2. The van der Waals surface area contributed by atoms with Crippen molar-refractivity contribution in [2.45, 2.75) is 13.5 Å². The van der Waals surface area contributed by atoms with E-state index in [0.717, 1.165) is 28.1 Å². The van der Waals surface area contributed by atoms with Gasteiger partial charge in [-0.3, -0.25) is 4.68 Å². The van der Waals surface area contributed by atoms with E-state index in [9.17, 15) is 0 Å². The second-order valence-electron chi connectivity index (χ2n) is 3.97. The molecule has 5 heteroatoms. The molecule has 0 unspecified atom stereocenters. The molecule has 0 radical (unpaired) electrons. The molecule has 0 saturated heterocycles. The zero-order chi connectivity index (χ0) is 11.8.